The highest BCUT2D eigenvalue weighted by Crippen LogP contribution is 2.21. The van der Waals surface area contributed by atoms with Gasteiger partial charge in [-0.05, 0) is 28.1 Å². The molecule has 1 aliphatic rings. The van der Waals surface area contributed by atoms with Crippen LogP contribution in [-0.4, -0.2) is 31.3 Å². The predicted molar refractivity (Wildman–Crippen MR) is 89.8 cm³/mol. The van der Waals surface area contributed by atoms with Crippen molar-refractivity contribution in [2.24, 2.45) is 0 Å². The molecule has 2 aromatic heterocycles. The van der Waals surface area contributed by atoms with Gasteiger partial charge in [-0.3, -0.25) is 0 Å². The van der Waals surface area contributed by atoms with Crippen LogP contribution in [0.15, 0.2) is 34.2 Å². The number of aromatic nitrogens is 1. The summed E-state index contributed by atoms with van der Waals surface area (Å²) in [6.45, 7) is 5.12. The van der Waals surface area contributed by atoms with E-state index in [0.29, 0.717) is 0 Å². The van der Waals surface area contributed by atoms with Gasteiger partial charge in [-0.2, -0.15) is 0 Å². The van der Waals surface area contributed by atoms with E-state index in [9.17, 15) is 0 Å². The summed E-state index contributed by atoms with van der Waals surface area (Å²) in [5.41, 5.74) is 1.25. The maximum atomic E-state index is 5.41. The Balaban J connectivity index is 1.62. The van der Waals surface area contributed by atoms with Gasteiger partial charge in [0.1, 0.15) is 5.82 Å². The van der Waals surface area contributed by atoms with Crippen LogP contribution in [0, 0.1) is 0 Å². The van der Waals surface area contributed by atoms with Gasteiger partial charge in [-0.1, -0.05) is 6.07 Å². The second-order valence-corrected chi connectivity index (χ2v) is 6.83. The van der Waals surface area contributed by atoms with Crippen LogP contribution < -0.4 is 10.2 Å². The number of nitrogens with one attached hydrogen (secondary N) is 1. The lowest BCUT2D eigenvalue weighted by atomic mass is 10.2. The van der Waals surface area contributed by atoms with E-state index in [-0.39, 0.29) is 0 Å². The molecule has 2 aromatic rings. The minimum atomic E-state index is 0.784. The highest BCUT2D eigenvalue weighted by atomic mass is 79.9. The normalized spacial score (nSPS) is 15.4. The van der Waals surface area contributed by atoms with Gasteiger partial charge >= 0.3 is 0 Å². The zero-order valence-corrected chi connectivity index (χ0v) is 14.1. The van der Waals surface area contributed by atoms with Crippen molar-refractivity contribution in [2.45, 2.75) is 13.1 Å². The molecule has 0 bridgehead atoms. The number of rotatable bonds is 5. The highest BCUT2D eigenvalue weighted by Gasteiger charge is 2.15. The lowest BCUT2D eigenvalue weighted by molar-refractivity contribution is 0.122. The van der Waals surface area contributed by atoms with Gasteiger partial charge in [0.2, 0.25) is 0 Å². The number of anilines is 1. The van der Waals surface area contributed by atoms with E-state index >= 15 is 0 Å². The zero-order chi connectivity index (χ0) is 14.5. The number of hydrogen-bond acceptors (Lipinski definition) is 5. The van der Waals surface area contributed by atoms with Gasteiger partial charge in [-0.15, -0.1) is 11.3 Å². The Morgan fingerprint density at radius 2 is 2.19 bits per heavy atom. The third-order valence-electron chi connectivity index (χ3n) is 3.41. The van der Waals surface area contributed by atoms with E-state index in [1.165, 1.54) is 10.4 Å². The summed E-state index contributed by atoms with van der Waals surface area (Å²) < 4.78 is 6.57. The lowest BCUT2D eigenvalue weighted by Crippen LogP contribution is -2.37. The van der Waals surface area contributed by atoms with Crippen molar-refractivity contribution in [3.63, 3.8) is 0 Å². The Labute approximate surface area is 137 Å². The molecule has 0 saturated carbocycles. The third kappa shape index (κ3) is 4.03. The number of nitrogens with zero attached hydrogens (tertiary/aromatic N) is 2. The SMILES string of the molecule is Brc1csc(CNCc2cccnc2N2CCOCC2)c1. The van der Waals surface area contributed by atoms with Gasteiger partial charge in [0.05, 0.1) is 13.2 Å². The summed E-state index contributed by atoms with van der Waals surface area (Å²) >= 11 is 5.25. The molecule has 0 radical (unpaired) electrons. The molecule has 4 nitrogen and oxygen atoms in total. The Kier molecular flexibility index (Phi) is 5.24. The molecule has 21 heavy (non-hydrogen) atoms. The smallest absolute Gasteiger partial charge is 0.133 e. The van der Waals surface area contributed by atoms with Crippen LogP contribution >= 0.6 is 27.3 Å². The maximum Gasteiger partial charge on any atom is 0.133 e. The minimum Gasteiger partial charge on any atom is -0.378 e. The molecule has 112 valence electrons. The Morgan fingerprint density at radius 3 is 2.95 bits per heavy atom. The van der Waals surface area contributed by atoms with Crippen LogP contribution in [0.25, 0.3) is 0 Å². The molecule has 6 heteroatoms. The zero-order valence-electron chi connectivity index (χ0n) is 11.7. The quantitative estimate of drug-likeness (QED) is 0.881. The van der Waals surface area contributed by atoms with Crippen molar-refractivity contribution in [3.8, 4) is 0 Å². The minimum absolute atomic E-state index is 0.784. The predicted octanol–water partition coefficient (Wildman–Crippen LogP) is 3.03. The summed E-state index contributed by atoms with van der Waals surface area (Å²) in [7, 11) is 0. The van der Waals surface area contributed by atoms with Gasteiger partial charge in [-0.25, -0.2) is 4.98 Å². The molecule has 3 rings (SSSR count). The first kappa shape index (κ1) is 15.0. The molecule has 1 saturated heterocycles. The van der Waals surface area contributed by atoms with E-state index in [2.05, 4.69) is 48.6 Å². The molecule has 3 heterocycles. The van der Waals surface area contributed by atoms with E-state index in [1.807, 2.05) is 12.3 Å². The van der Waals surface area contributed by atoms with Crippen LogP contribution in [0.5, 0.6) is 0 Å². The molecule has 1 N–H and O–H groups in total. The topological polar surface area (TPSA) is 37.4 Å². The number of thiophene rings is 1. The van der Waals surface area contributed by atoms with Gasteiger partial charge in [0.15, 0.2) is 0 Å². The maximum absolute atomic E-state index is 5.41. The average Bonchev–Trinajstić information content (AvgIpc) is 2.94. The molecule has 0 spiro atoms. The van der Waals surface area contributed by atoms with E-state index < -0.39 is 0 Å². The summed E-state index contributed by atoms with van der Waals surface area (Å²) in [5, 5.41) is 5.61. The number of pyridine rings is 1. The fourth-order valence-corrected chi connectivity index (χ4v) is 3.82. The van der Waals surface area contributed by atoms with Crippen molar-refractivity contribution >= 4 is 33.1 Å². The van der Waals surface area contributed by atoms with Crippen molar-refractivity contribution in [3.05, 3.63) is 44.7 Å². The molecule has 0 atom stereocenters. The second-order valence-electron chi connectivity index (χ2n) is 4.92. The van der Waals surface area contributed by atoms with Gasteiger partial charge < -0.3 is 15.0 Å². The summed E-state index contributed by atoms with van der Waals surface area (Å²) in [4.78, 5) is 8.20. The Bertz CT molecular complexity index is 584. The first-order valence-corrected chi connectivity index (χ1v) is 8.70. The standard InChI is InChI=1S/C15H18BrN3OS/c16-13-8-14(21-11-13)10-17-9-12-2-1-3-18-15(12)19-4-6-20-7-5-19/h1-3,8,11,17H,4-7,9-10H2. The van der Waals surface area contributed by atoms with Gasteiger partial charge in [0.25, 0.3) is 0 Å². The fourth-order valence-electron chi connectivity index (χ4n) is 2.40. The fraction of sp³-hybridized carbons (Fsp3) is 0.400. The van der Waals surface area contributed by atoms with Crippen LogP contribution in [0.1, 0.15) is 10.4 Å². The first-order valence-electron chi connectivity index (χ1n) is 7.03. The Morgan fingerprint density at radius 1 is 1.33 bits per heavy atom. The van der Waals surface area contributed by atoms with Gasteiger partial charge in [0, 0.05) is 52.7 Å². The van der Waals surface area contributed by atoms with Crippen LogP contribution in [-0.2, 0) is 17.8 Å². The molecule has 0 unspecified atom stereocenters. The second kappa shape index (κ2) is 7.35. The van der Waals surface area contributed by atoms with Crippen molar-refractivity contribution in [1.82, 2.24) is 10.3 Å². The third-order valence-corrected chi connectivity index (χ3v) is 5.11. The van der Waals surface area contributed by atoms with Crippen LogP contribution in [0.4, 0.5) is 5.82 Å². The lowest BCUT2D eigenvalue weighted by Gasteiger charge is -2.29. The largest absolute Gasteiger partial charge is 0.378 e. The molecule has 0 aliphatic carbocycles. The first-order chi connectivity index (χ1) is 10.3. The number of halogens is 1. The molecular weight excluding hydrogens is 350 g/mol. The van der Waals surface area contributed by atoms with Crippen molar-refractivity contribution in [2.75, 3.05) is 31.2 Å². The molecule has 1 fully saturated rings. The van der Waals surface area contributed by atoms with Crippen molar-refractivity contribution < 1.29 is 4.74 Å². The number of hydrogen-bond donors (Lipinski definition) is 1. The monoisotopic (exact) mass is 367 g/mol. The average molecular weight is 368 g/mol. The van der Waals surface area contributed by atoms with Crippen LogP contribution in [0.2, 0.25) is 0 Å². The summed E-state index contributed by atoms with van der Waals surface area (Å²) in [5.74, 6) is 1.08. The van der Waals surface area contributed by atoms with E-state index in [1.54, 1.807) is 11.3 Å². The van der Waals surface area contributed by atoms with Crippen LogP contribution in [0.3, 0.4) is 0 Å². The molecule has 0 amide bonds. The highest BCUT2D eigenvalue weighted by molar-refractivity contribution is 9.10. The van der Waals surface area contributed by atoms with Crippen molar-refractivity contribution in [1.29, 1.82) is 0 Å². The number of ether oxygens (including phenoxy) is 1. The number of morpholine rings is 1. The molecular formula is C15H18BrN3OS. The summed E-state index contributed by atoms with van der Waals surface area (Å²) in [6, 6.07) is 6.31. The Hall–Kier alpha value is -0.950. The van der Waals surface area contributed by atoms with E-state index in [4.69, 9.17) is 4.74 Å². The van der Waals surface area contributed by atoms with E-state index in [0.717, 1.165) is 49.7 Å². The summed E-state index contributed by atoms with van der Waals surface area (Å²) in [6.07, 6.45) is 1.87. The molecule has 0 aromatic carbocycles. The molecule has 1 aliphatic heterocycles.